The van der Waals surface area contributed by atoms with Gasteiger partial charge in [-0.3, -0.25) is 14.4 Å². The van der Waals surface area contributed by atoms with Crippen LogP contribution >= 0.6 is 0 Å². The predicted octanol–water partition coefficient (Wildman–Crippen LogP) is 4.91. The average molecular weight is 499 g/mol. The molecule has 1 saturated carbocycles. The van der Waals surface area contributed by atoms with E-state index in [-0.39, 0.29) is 12.8 Å². The second-order valence-electron chi connectivity index (χ2n) is 9.23. The minimum atomic E-state index is -1.74. The first-order chi connectivity index (χ1) is 17.9. The molecule has 0 aromatic heterocycles. The maximum absolute atomic E-state index is 13.6. The zero-order valence-electron chi connectivity index (χ0n) is 20.8. The van der Waals surface area contributed by atoms with E-state index in [2.05, 4.69) is 0 Å². The molecule has 0 saturated heterocycles. The number of rotatable bonds is 5. The molecule has 1 heterocycles. The van der Waals surface area contributed by atoms with Crippen molar-refractivity contribution in [2.75, 3.05) is 21.3 Å². The van der Waals surface area contributed by atoms with Crippen LogP contribution in [0, 0.1) is 10.8 Å². The number of hydrogen-bond acceptors (Lipinski definition) is 7. The highest BCUT2D eigenvalue weighted by atomic mass is 16.5. The molecule has 37 heavy (non-hydrogen) atoms. The average Bonchev–Trinajstić information content (AvgIpc) is 3.33. The highest BCUT2D eigenvalue weighted by Gasteiger charge is 2.66. The molecule has 3 aromatic carbocycles. The van der Waals surface area contributed by atoms with E-state index in [1.165, 1.54) is 21.3 Å². The summed E-state index contributed by atoms with van der Waals surface area (Å²) in [6, 6.07) is 23.0. The van der Waals surface area contributed by atoms with Gasteiger partial charge in [0.1, 0.15) is 16.9 Å². The first-order valence-corrected chi connectivity index (χ1v) is 11.8. The Hall–Kier alpha value is -4.39. The summed E-state index contributed by atoms with van der Waals surface area (Å²) in [4.78, 5) is 39.8. The summed E-state index contributed by atoms with van der Waals surface area (Å²) in [5, 5.41) is 2.05. The van der Waals surface area contributed by atoms with Crippen LogP contribution in [0.1, 0.15) is 24.0 Å². The first kappa shape index (κ1) is 24.3. The van der Waals surface area contributed by atoms with Crippen LogP contribution in [0.15, 0.2) is 84.4 Å². The summed E-state index contributed by atoms with van der Waals surface area (Å²) in [7, 11) is 3.70. The zero-order chi connectivity index (χ0) is 26.2. The molecule has 0 bridgehead atoms. The normalized spacial score (nSPS) is 19.9. The molecule has 188 valence electrons. The third-order valence-corrected chi connectivity index (χ3v) is 7.23. The maximum atomic E-state index is 13.6. The van der Waals surface area contributed by atoms with Crippen molar-refractivity contribution >= 4 is 40.2 Å². The second kappa shape index (κ2) is 9.24. The Morgan fingerprint density at radius 3 is 2.00 bits per heavy atom. The zero-order valence-corrected chi connectivity index (χ0v) is 20.8. The molecule has 3 aromatic rings. The van der Waals surface area contributed by atoms with Gasteiger partial charge in [-0.1, -0.05) is 66.7 Å². The lowest BCUT2D eigenvalue weighted by molar-refractivity contribution is -0.169. The SMILES string of the molecule is COC(=O)C12C=C(c3ccc4ccccc4c3)OC(c3ccccc3)=C1CC(C(=O)OC)(C(=O)OC)C2. The standard InChI is InChI=1S/C30H26O7/c1-34-26(31)29-17-24(22-14-13-19-9-7-8-12-21(19)15-22)37-25(20-10-5-4-6-11-20)23(29)16-30(18-29,27(32)35-2)28(33)36-3/h4-15,17H,16,18H2,1-3H3. The number of carbonyl (C=O) groups is 3. The van der Waals surface area contributed by atoms with Crippen LogP contribution in [-0.4, -0.2) is 39.2 Å². The van der Waals surface area contributed by atoms with Crippen LogP contribution in [0.25, 0.3) is 22.3 Å². The summed E-state index contributed by atoms with van der Waals surface area (Å²) in [5.41, 5.74) is -1.30. The van der Waals surface area contributed by atoms with E-state index in [0.717, 1.165) is 16.3 Å². The van der Waals surface area contributed by atoms with Gasteiger partial charge in [-0.25, -0.2) is 0 Å². The number of fused-ring (bicyclic) bond motifs is 2. The Morgan fingerprint density at radius 2 is 1.35 bits per heavy atom. The van der Waals surface area contributed by atoms with E-state index in [0.29, 0.717) is 22.7 Å². The fourth-order valence-electron chi connectivity index (χ4n) is 5.46. The van der Waals surface area contributed by atoms with Gasteiger partial charge in [-0.05, 0) is 34.9 Å². The number of ether oxygens (including phenoxy) is 4. The summed E-state index contributed by atoms with van der Waals surface area (Å²) in [5.74, 6) is -1.35. The van der Waals surface area contributed by atoms with Gasteiger partial charge in [0.05, 0.1) is 21.3 Å². The Balaban J connectivity index is 1.78. The highest BCUT2D eigenvalue weighted by molar-refractivity contribution is 6.05. The van der Waals surface area contributed by atoms with Crippen LogP contribution in [0.5, 0.6) is 0 Å². The molecule has 7 heteroatoms. The molecule has 5 rings (SSSR count). The van der Waals surface area contributed by atoms with Gasteiger partial charge in [0, 0.05) is 17.5 Å². The Labute approximate surface area is 214 Å². The van der Waals surface area contributed by atoms with Gasteiger partial charge in [0.2, 0.25) is 0 Å². The summed E-state index contributed by atoms with van der Waals surface area (Å²) in [6.07, 6.45) is 1.34. The maximum Gasteiger partial charge on any atom is 0.323 e. The summed E-state index contributed by atoms with van der Waals surface area (Å²) >= 11 is 0. The van der Waals surface area contributed by atoms with Crippen molar-refractivity contribution in [1.29, 1.82) is 0 Å². The number of esters is 3. The van der Waals surface area contributed by atoms with E-state index in [9.17, 15) is 14.4 Å². The van der Waals surface area contributed by atoms with Gasteiger partial charge in [0.15, 0.2) is 5.41 Å². The van der Waals surface area contributed by atoms with Crippen LogP contribution in [0.2, 0.25) is 0 Å². The highest BCUT2D eigenvalue weighted by Crippen LogP contribution is 2.61. The fourth-order valence-corrected chi connectivity index (χ4v) is 5.46. The summed E-state index contributed by atoms with van der Waals surface area (Å²) in [6.45, 7) is 0. The van der Waals surface area contributed by atoms with Crippen LogP contribution < -0.4 is 0 Å². The van der Waals surface area contributed by atoms with Gasteiger partial charge in [-0.2, -0.15) is 0 Å². The lowest BCUT2D eigenvalue weighted by Crippen LogP contribution is -2.41. The van der Waals surface area contributed by atoms with Crippen molar-refractivity contribution in [3.8, 4) is 0 Å². The largest absolute Gasteiger partial charge is 0.468 e. The number of carbonyl (C=O) groups excluding carboxylic acids is 3. The molecular formula is C30H26O7. The monoisotopic (exact) mass is 498 g/mol. The van der Waals surface area contributed by atoms with Crippen LogP contribution in [0.4, 0.5) is 0 Å². The molecule has 0 amide bonds. The van der Waals surface area contributed by atoms with Crippen molar-refractivity contribution in [2.45, 2.75) is 12.8 Å². The van der Waals surface area contributed by atoms with E-state index in [1.54, 1.807) is 6.08 Å². The topological polar surface area (TPSA) is 88.1 Å². The second-order valence-corrected chi connectivity index (χ2v) is 9.23. The predicted molar refractivity (Wildman–Crippen MR) is 137 cm³/mol. The van der Waals surface area contributed by atoms with Crippen molar-refractivity contribution in [1.82, 2.24) is 0 Å². The third-order valence-electron chi connectivity index (χ3n) is 7.23. The fraction of sp³-hybridized carbons (Fsp3) is 0.233. The van der Waals surface area contributed by atoms with Gasteiger partial charge in [0.25, 0.3) is 0 Å². The molecule has 0 radical (unpaired) electrons. The lowest BCUT2D eigenvalue weighted by Gasteiger charge is -2.32. The van der Waals surface area contributed by atoms with Crippen LogP contribution in [-0.2, 0) is 33.3 Å². The first-order valence-electron chi connectivity index (χ1n) is 11.8. The smallest absolute Gasteiger partial charge is 0.323 e. The lowest BCUT2D eigenvalue weighted by atomic mass is 9.76. The molecule has 1 aliphatic heterocycles. The summed E-state index contributed by atoms with van der Waals surface area (Å²) < 4.78 is 21.9. The molecule has 1 aliphatic carbocycles. The molecule has 1 fully saturated rings. The quantitative estimate of drug-likeness (QED) is 0.281. The minimum Gasteiger partial charge on any atom is -0.468 e. The van der Waals surface area contributed by atoms with Crippen molar-refractivity contribution < 1.29 is 33.3 Å². The minimum absolute atomic E-state index is 0.118. The molecule has 0 spiro atoms. The van der Waals surface area contributed by atoms with E-state index in [4.69, 9.17) is 18.9 Å². The van der Waals surface area contributed by atoms with Crippen molar-refractivity contribution in [3.05, 3.63) is 95.6 Å². The molecule has 1 unspecified atom stereocenters. The van der Waals surface area contributed by atoms with Gasteiger partial charge >= 0.3 is 17.9 Å². The van der Waals surface area contributed by atoms with Gasteiger partial charge < -0.3 is 18.9 Å². The Bertz CT molecular complexity index is 1450. The molecular weight excluding hydrogens is 472 g/mol. The van der Waals surface area contributed by atoms with E-state index >= 15 is 0 Å². The van der Waals surface area contributed by atoms with E-state index < -0.39 is 28.7 Å². The Kier molecular flexibility index (Phi) is 6.07. The van der Waals surface area contributed by atoms with Crippen LogP contribution in [0.3, 0.4) is 0 Å². The number of methoxy groups -OCH3 is 3. The molecule has 2 aliphatic rings. The molecule has 7 nitrogen and oxygen atoms in total. The molecule has 0 N–H and O–H groups in total. The van der Waals surface area contributed by atoms with E-state index in [1.807, 2.05) is 72.8 Å². The Morgan fingerprint density at radius 1 is 0.730 bits per heavy atom. The van der Waals surface area contributed by atoms with Gasteiger partial charge in [-0.15, -0.1) is 0 Å². The van der Waals surface area contributed by atoms with Crippen molar-refractivity contribution in [3.63, 3.8) is 0 Å². The van der Waals surface area contributed by atoms with Crippen molar-refractivity contribution in [2.24, 2.45) is 10.8 Å². The number of benzene rings is 3. The number of hydrogen-bond donors (Lipinski definition) is 0. The molecule has 1 atom stereocenters. The third kappa shape index (κ3) is 3.78.